The molecule has 3 aromatic carbocycles. The molecule has 2 heterocycles. The first-order valence-corrected chi connectivity index (χ1v) is 8.67. The molecule has 5 rings (SSSR count). The molecular weight excluding hydrogens is 324 g/mol. The molecule has 0 spiro atoms. The highest BCUT2D eigenvalue weighted by Gasteiger charge is 2.47. The summed E-state index contributed by atoms with van der Waals surface area (Å²) >= 11 is 0. The van der Waals surface area contributed by atoms with Gasteiger partial charge >= 0.3 is 0 Å². The van der Waals surface area contributed by atoms with Gasteiger partial charge in [0.1, 0.15) is 23.9 Å². The smallest absolute Gasteiger partial charge is 0.187 e. The highest BCUT2D eigenvalue weighted by molar-refractivity contribution is 5.70. The van der Waals surface area contributed by atoms with E-state index in [1.807, 2.05) is 48.5 Å². The van der Waals surface area contributed by atoms with Crippen LogP contribution in [0.5, 0.6) is 17.2 Å². The van der Waals surface area contributed by atoms with Crippen LogP contribution in [0.2, 0.25) is 0 Å². The lowest BCUT2D eigenvalue weighted by Crippen LogP contribution is -2.43. The number of para-hydroxylation sites is 2. The van der Waals surface area contributed by atoms with Crippen LogP contribution >= 0.6 is 0 Å². The second-order valence-corrected chi connectivity index (χ2v) is 6.50. The number of methoxy groups -OCH3 is 1. The van der Waals surface area contributed by atoms with Crippen LogP contribution in [0.1, 0.15) is 16.7 Å². The van der Waals surface area contributed by atoms with Crippen molar-refractivity contribution in [2.24, 2.45) is 0 Å². The van der Waals surface area contributed by atoms with Crippen LogP contribution in [0, 0.1) is 0 Å². The average Bonchev–Trinajstić information content (AvgIpc) is 2.72. The largest absolute Gasteiger partial charge is 0.497 e. The zero-order valence-corrected chi connectivity index (χ0v) is 14.4. The van der Waals surface area contributed by atoms with E-state index in [1.165, 1.54) is 0 Å². The van der Waals surface area contributed by atoms with Crippen molar-refractivity contribution in [2.45, 2.75) is 5.60 Å². The van der Waals surface area contributed by atoms with Crippen LogP contribution in [0.3, 0.4) is 0 Å². The number of hydrogen-bond donors (Lipinski definition) is 0. The zero-order valence-electron chi connectivity index (χ0n) is 14.4. The molecule has 3 nitrogen and oxygen atoms in total. The van der Waals surface area contributed by atoms with E-state index in [1.54, 1.807) is 7.11 Å². The van der Waals surface area contributed by atoms with Gasteiger partial charge < -0.3 is 14.2 Å². The minimum absolute atomic E-state index is 0.497. The number of ether oxygens (including phenoxy) is 3. The lowest BCUT2D eigenvalue weighted by Gasteiger charge is -2.44. The average molecular weight is 342 g/mol. The topological polar surface area (TPSA) is 27.7 Å². The molecule has 1 unspecified atom stereocenters. The van der Waals surface area contributed by atoms with Gasteiger partial charge in [0.25, 0.3) is 0 Å². The van der Waals surface area contributed by atoms with Crippen molar-refractivity contribution < 1.29 is 14.2 Å². The number of benzene rings is 3. The van der Waals surface area contributed by atoms with Crippen LogP contribution in [-0.4, -0.2) is 13.7 Å². The molecule has 3 heteroatoms. The van der Waals surface area contributed by atoms with Gasteiger partial charge in [-0.15, -0.1) is 0 Å². The van der Waals surface area contributed by atoms with Crippen LogP contribution in [0.25, 0.3) is 6.08 Å². The predicted molar refractivity (Wildman–Crippen MR) is 101 cm³/mol. The van der Waals surface area contributed by atoms with Crippen LogP contribution in [0.4, 0.5) is 0 Å². The molecule has 2 aliphatic heterocycles. The Labute approximate surface area is 152 Å². The van der Waals surface area contributed by atoms with Gasteiger partial charge in [0.15, 0.2) is 5.60 Å². The lowest BCUT2D eigenvalue weighted by molar-refractivity contribution is 0.112. The maximum atomic E-state index is 6.72. The Bertz CT molecular complexity index is 1000. The summed E-state index contributed by atoms with van der Waals surface area (Å²) in [5.41, 5.74) is 3.58. The van der Waals surface area contributed by atoms with E-state index in [4.69, 9.17) is 14.2 Å². The quantitative estimate of drug-likeness (QED) is 0.669. The monoisotopic (exact) mass is 342 g/mol. The standard InChI is InChI=1S/C23H18O3/c1-24-19-12-10-17(11-13-19)23-18(14-16-6-2-4-8-21(16)26-23)15-25-22-9-5-3-7-20(22)23/h2-14H,15H2,1H3. The van der Waals surface area contributed by atoms with E-state index >= 15 is 0 Å². The molecule has 2 aliphatic rings. The Morgan fingerprint density at radius 1 is 0.846 bits per heavy atom. The summed E-state index contributed by atoms with van der Waals surface area (Å²) in [6, 6.07) is 24.3. The Kier molecular flexibility index (Phi) is 3.29. The zero-order chi connectivity index (χ0) is 17.6. The predicted octanol–water partition coefficient (Wildman–Crippen LogP) is 4.81. The lowest BCUT2D eigenvalue weighted by atomic mass is 9.76. The Balaban J connectivity index is 1.79. The molecule has 0 N–H and O–H groups in total. The SMILES string of the molecule is COc1ccc(C23Oc4ccccc4C=C2COc2ccccc23)cc1. The summed E-state index contributed by atoms with van der Waals surface area (Å²) in [7, 11) is 1.68. The molecule has 0 aliphatic carbocycles. The van der Waals surface area contributed by atoms with Crippen molar-refractivity contribution in [1.29, 1.82) is 0 Å². The summed E-state index contributed by atoms with van der Waals surface area (Å²) in [4.78, 5) is 0. The molecule has 128 valence electrons. The van der Waals surface area contributed by atoms with E-state index in [2.05, 4.69) is 30.3 Å². The van der Waals surface area contributed by atoms with Gasteiger partial charge in [-0.25, -0.2) is 0 Å². The fraction of sp³-hybridized carbons (Fsp3) is 0.130. The van der Waals surface area contributed by atoms with Crippen molar-refractivity contribution in [3.8, 4) is 17.2 Å². The van der Waals surface area contributed by atoms with Gasteiger partial charge in [0, 0.05) is 22.3 Å². The molecule has 26 heavy (non-hydrogen) atoms. The van der Waals surface area contributed by atoms with Crippen LogP contribution < -0.4 is 14.2 Å². The van der Waals surface area contributed by atoms with Gasteiger partial charge in [-0.1, -0.05) is 48.5 Å². The fourth-order valence-electron chi connectivity index (χ4n) is 3.85. The van der Waals surface area contributed by atoms with E-state index in [9.17, 15) is 0 Å². The molecule has 3 aromatic rings. The second-order valence-electron chi connectivity index (χ2n) is 6.50. The minimum Gasteiger partial charge on any atom is -0.497 e. The molecule has 0 saturated carbocycles. The summed E-state index contributed by atoms with van der Waals surface area (Å²) in [5, 5.41) is 0. The summed E-state index contributed by atoms with van der Waals surface area (Å²) in [5.74, 6) is 2.57. The Morgan fingerprint density at radius 2 is 1.58 bits per heavy atom. The fourth-order valence-corrected chi connectivity index (χ4v) is 3.85. The highest BCUT2D eigenvalue weighted by Crippen LogP contribution is 2.51. The van der Waals surface area contributed by atoms with E-state index in [0.717, 1.165) is 39.5 Å². The van der Waals surface area contributed by atoms with Gasteiger partial charge in [0.05, 0.1) is 7.11 Å². The van der Waals surface area contributed by atoms with Gasteiger partial charge in [-0.2, -0.15) is 0 Å². The first-order valence-electron chi connectivity index (χ1n) is 8.67. The molecule has 0 aromatic heterocycles. The maximum Gasteiger partial charge on any atom is 0.187 e. The van der Waals surface area contributed by atoms with E-state index in [0.29, 0.717) is 6.61 Å². The molecular formula is C23H18O3. The van der Waals surface area contributed by atoms with Crippen LogP contribution in [0.15, 0.2) is 78.4 Å². The van der Waals surface area contributed by atoms with Crippen molar-refractivity contribution in [2.75, 3.05) is 13.7 Å². The Morgan fingerprint density at radius 3 is 2.38 bits per heavy atom. The summed E-state index contributed by atoms with van der Waals surface area (Å²) < 4.78 is 18.1. The minimum atomic E-state index is -0.685. The van der Waals surface area contributed by atoms with Gasteiger partial charge in [-0.05, 0) is 30.3 Å². The van der Waals surface area contributed by atoms with Crippen molar-refractivity contribution in [1.82, 2.24) is 0 Å². The third-order valence-corrected chi connectivity index (χ3v) is 5.11. The second kappa shape index (κ2) is 5.67. The summed E-state index contributed by atoms with van der Waals surface area (Å²) in [6.07, 6.45) is 2.19. The Hall–Kier alpha value is -3.20. The van der Waals surface area contributed by atoms with Gasteiger partial charge in [-0.3, -0.25) is 0 Å². The van der Waals surface area contributed by atoms with Crippen molar-refractivity contribution in [3.63, 3.8) is 0 Å². The highest BCUT2D eigenvalue weighted by atomic mass is 16.5. The molecule has 1 atom stereocenters. The molecule has 0 amide bonds. The third-order valence-electron chi connectivity index (χ3n) is 5.11. The first kappa shape index (κ1) is 15.1. The summed E-state index contributed by atoms with van der Waals surface area (Å²) in [6.45, 7) is 0.497. The molecule has 0 fully saturated rings. The molecule has 0 bridgehead atoms. The van der Waals surface area contributed by atoms with E-state index in [-0.39, 0.29) is 0 Å². The first-order chi connectivity index (χ1) is 12.8. The number of hydrogen-bond acceptors (Lipinski definition) is 3. The third kappa shape index (κ3) is 2.07. The van der Waals surface area contributed by atoms with Crippen molar-refractivity contribution in [3.05, 3.63) is 95.1 Å². The van der Waals surface area contributed by atoms with E-state index < -0.39 is 5.60 Å². The normalized spacial score (nSPS) is 19.8. The number of rotatable bonds is 2. The molecule has 0 saturated heterocycles. The maximum absolute atomic E-state index is 6.72. The van der Waals surface area contributed by atoms with Crippen LogP contribution in [-0.2, 0) is 5.60 Å². The molecule has 0 radical (unpaired) electrons. The number of fused-ring (bicyclic) bond motifs is 4. The van der Waals surface area contributed by atoms with Gasteiger partial charge in [0.2, 0.25) is 0 Å². The van der Waals surface area contributed by atoms with Crippen molar-refractivity contribution >= 4 is 6.08 Å².